The number of carbonyl (C=O) groups excluding carboxylic acids is 4. The monoisotopic (exact) mass is 344 g/mol. The van der Waals surface area contributed by atoms with E-state index >= 15 is 0 Å². The summed E-state index contributed by atoms with van der Waals surface area (Å²) < 4.78 is 5.04. The lowest BCUT2D eigenvalue weighted by atomic mass is 10.0. The number of carbonyl (C=O) groups is 4. The largest absolute Gasteiger partial charge is 0.499 e. The molecule has 0 bridgehead atoms. The van der Waals surface area contributed by atoms with E-state index in [1.165, 1.54) is 18.4 Å². The molecule has 0 aliphatic carbocycles. The summed E-state index contributed by atoms with van der Waals surface area (Å²) in [6, 6.07) is 3.81. The van der Waals surface area contributed by atoms with Crippen molar-refractivity contribution in [2.45, 2.75) is 18.9 Å². The van der Waals surface area contributed by atoms with Crippen molar-refractivity contribution < 1.29 is 29.0 Å². The van der Waals surface area contributed by atoms with Gasteiger partial charge >= 0.3 is 0 Å². The van der Waals surface area contributed by atoms with Gasteiger partial charge in [0.2, 0.25) is 11.8 Å². The highest BCUT2D eigenvalue weighted by Gasteiger charge is 2.45. The number of nitrogens with one attached hydrogen (secondary N) is 1. The second-order valence-electron chi connectivity index (χ2n) is 5.61. The van der Waals surface area contributed by atoms with Gasteiger partial charge in [-0.2, -0.15) is 0 Å². The number of nitrogens with zero attached hydrogens (tertiary/aromatic N) is 1. The molecule has 1 unspecified atom stereocenters. The maximum absolute atomic E-state index is 12.8. The molecule has 0 radical (unpaired) electrons. The molecule has 4 amide bonds. The van der Waals surface area contributed by atoms with Gasteiger partial charge in [-0.3, -0.25) is 29.4 Å². The molecule has 1 fully saturated rings. The maximum atomic E-state index is 12.8. The van der Waals surface area contributed by atoms with Crippen LogP contribution in [0.25, 0.3) is 6.08 Å². The number of benzene rings is 1. The van der Waals surface area contributed by atoms with E-state index in [1.807, 2.05) is 0 Å². The molecule has 1 saturated heterocycles. The predicted octanol–water partition coefficient (Wildman–Crippen LogP) is 0.0674. The highest BCUT2D eigenvalue weighted by atomic mass is 16.5. The van der Waals surface area contributed by atoms with Crippen LogP contribution in [0.5, 0.6) is 0 Å². The van der Waals surface area contributed by atoms with Crippen molar-refractivity contribution in [1.82, 2.24) is 10.2 Å². The van der Waals surface area contributed by atoms with E-state index in [1.54, 1.807) is 12.1 Å². The van der Waals surface area contributed by atoms with Gasteiger partial charge in [-0.15, -0.1) is 0 Å². The summed E-state index contributed by atoms with van der Waals surface area (Å²) in [6.45, 7) is -0.0290. The van der Waals surface area contributed by atoms with Crippen LogP contribution in [0.3, 0.4) is 0 Å². The molecule has 25 heavy (non-hydrogen) atoms. The van der Waals surface area contributed by atoms with Gasteiger partial charge in [0.05, 0.1) is 24.0 Å². The number of ether oxygens (including phenoxy) is 1. The van der Waals surface area contributed by atoms with Crippen LogP contribution in [0.15, 0.2) is 24.5 Å². The molecule has 0 saturated carbocycles. The Bertz CT molecular complexity index is 785. The van der Waals surface area contributed by atoms with Gasteiger partial charge < -0.3 is 9.84 Å². The van der Waals surface area contributed by atoms with Crippen molar-refractivity contribution in [3.8, 4) is 0 Å². The van der Waals surface area contributed by atoms with E-state index in [-0.39, 0.29) is 37.2 Å². The van der Waals surface area contributed by atoms with Gasteiger partial charge in [-0.1, -0.05) is 12.1 Å². The molecule has 0 aromatic heterocycles. The lowest BCUT2D eigenvalue weighted by Crippen LogP contribution is -2.54. The molecule has 1 atom stereocenters. The standard InChI is InChI=1S/C17H16N2O6/c20-7-9-25-8-6-10-2-1-3-11-14(10)17(24)19(16(11)23)12-4-5-13(21)18-15(12)22/h1-3,6,8,12,20H,4-5,7,9H2,(H,18,21,22)/b8-6-. The molecule has 1 aromatic rings. The first kappa shape index (κ1) is 16.8. The zero-order chi connectivity index (χ0) is 18.0. The number of hydrogen-bond donors (Lipinski definition) is 2. The fourth-order valence-electron chi connectivity index (χ4n) is 2.92. The van der Waals surface area contributed by atoms with Gasteiger partial charge in [0.25, 0.3) is 11.8 Å². The Hall–Kier alpha value is -3.00. The smallest absolute Gasteiger partial charge is 0.262 e. The van der Waals surface area contributed by atoms with Crippen LogP contribution in [0, 0.1) is 0 Å². The fraction of sp³-hybridized carbons (Fsp3) is 0.294. The lowest BCUT2D eigenvalue weighted by Gasteiger charge is -2.27. The molecular formula is C17H16N2O6. The molecule has 2 aliphatic heterocycles. The molecule has 8 heteroatoms. The first-order chi connectivity index (χ1) is 12.0. The summed E-state index contributed by atoms with van der Waals surface area (Å²) in [5, 5.41) is 10.8. The molecule has 1 aromatic carbocycles. The quantitative estimate of drug-likeness (QED) is 0.444. The van der Waals surface area contributed by atoms with Crippen molar-refractivity contribution in [3.05, 3.63) is 41.2 Å². The Morgan fingerprint density at radius 3 is 2.76 bits per heavy atom. The third kappa shape index (κ3) is 3.03. The highest BCUT2D eigenvalue weighted by molar-refractivity contribution is 6.24. The first-order valence-electron chi connectivity index (χ1n) is 7.78. The Labute approximate surface area is 143 Å². The number of fused-ring (bicyclic) bond motifs is 1. The van der Waals surface area contributed by atoms with Crippen LogP contribution in [0.4, 0.5) is 0 Å². The SMILES string of the molecule is O=C1CCC(N2C(=O)c3cccc(/C=C\OCCO)c3C2=O)C(=O)N1. The molecule has 2 aliphatic rings. The van der Waals surface area contributed by atoms with E-state index in [2.05, 4.69) is 5.32 Å². The van der Waals surface area contributed by atoms with Crippen molar-refractivity contribution in [2.24, 2.45) is 0 Å². The number of aliphatic hydroxyl groups is 1. The van der Waals surface area contributed by atoms with Crippen molar-refractivity contribution in [2.75, 3.05) is 13.2 Å². The Morgan fingerprint density at radius 1 is 1.24 bits per heavy atom. The Morgan fingerprint density at radius 2 is 2.04 bits per heavy atom. The van der Waals surface area contributed by atoms with Crippen molar-refractivity contribution in [3.63, 3.8) is 0 Å². The van der Waals surface area contributed by atoms with Gasteiger partial charge in [-0.25, -0.2) is 0 Å². The van der Waals surface area contributed by atoms with Crippen LogP contribution in [-0.4, -0.2) is 52.9 Å². The van der Waals surface area contributed by atoms with E-state index in [0.29, 0.717) is 5.56 Å². The molecule has 0 spiro atoms. The highest BCUT2D eigenvalue weighted by Crippen LogP contribution is 2.30. The van der Waals surface area contributed by atoms with Crippen LogP contribution in [-0.2, 0) is 14.3 Å². The van der Waals surface area contributed by atoms with Gasteiger partial charge in [0.1, 0.15) is 12.6 Å². The molecule has 8 nitrogen and oxygen atoms in total. The summed E-state index contributed by atoms with van der Waals surface area (Å²) in [5.41, 5.74) is 0.878. The van der Waals surface area contributed by atoms with E-state index in [9.17, 15) is 19.2 Å². The fourth-order valence-corrected chi connectivity index (χ4v) is 2.92. The molecule has 130 valence electrons. The topological polar surface area (TPSA) is 113 Å². The third-order valence-corrected chi connectivity index (χ3v) is 4.05. The Balaban J connectivity index is 1.90. The third-order valence-electron chi connectivity index (χ3n) is 4.05. The number of hydrogen-bond acceptors (Lipinski definition) is 6. The average molecular weight is 344 g/mol. The normalized spacial score (nSPS) is 20.2. The van der Waals surface area contributed by atoms with E-state index in [0.717, 1.165) is 4.90 Å². The van der Waals surface area contributed by atoms with Gasteiger partial charge in [-0.05, 0) is 24.1 Å². The van der Waals surface area contributed by atoms with Crippen molar-refractivity contribution >= 4 is 29.7 Å². The first-order valence-corrected chi connectivity index (χ1v) is 7.78. The molecule has 2 N–H and O–H groups in total. The second kappa shape index (κ2) is 6.86. The number of piperidine rings is 1. The summed E-state index contributed by atoms with van der Waals surface area (Å²) in [5.74, 6) is -2.19. The van der Waals surface area contributed by atoms with E-state index in [4.69, 9.17) is 9.84 Å². The number of amides is 4. The second-order valence-corrected chi connectivity index (χ2v) is 5.61. The minimum Gasteiger partial charge on any atom is -0.499 e. The van der Waals surface area contributed by atoms with Crippen LogP contribution in [0.2, 0.25) is 0 Å². The van der Waals surface area contributed by atoms with Crippen molar-refractivity contribution in [1.29, 1.82) is 0 Å². The maximum Gasteiger partial charge on any atom is 0.262 e. The van der Waals surface area contributed by atoms with Crippen LogP contribution >= 0.6 is 0 Å². The lowest BCUT2D eigenvalue weighted by molar-refractivity contribution is -0.136. The number of rotatable bonds is 5. The Kier molecular flexibility index (Phi) is 4.62. The zero-order valence-electron chi connectivity index (χ0n) is 13.2. The molecule has 3 rings (SSSR count). The average Bonchev–Trinajstić information content (AvgIpc) is 2.84. The molecule has 2 heterocycles. The summed E-state index contributed by atoms with van der Waals surface area (Å²) >= 11 is 0. The zero-order valence-corrected chi connectivity index (χ0v) is 13.2. The minimum atomic E-state index is -0.993. The predicted molar refractivity (Wildman–Crippen MR) is 85.2 cm³/mol. The van der Waals surface area contributed by atoms with Crippen LogP contribution < -0.4 is 5.32 Å². The van der Waals surface area contributed by atoms with E-state index < -0.39 is 29.7 Å². The summed E-state index contributed by atoms with van der Waals surface area (Å²) in [7, 11) is 0. The summed E-state index contributed by atoms with van der Waals surface area (Å²) in [6.07, 6.45) is 3.04. The number of aliphatic hydroxyl groups excluding tert-OH is 1. The number of imide groups is 2. The minimum absolute atomic E-state index is 0.0750. The molecular weight excluding hydrogens is 328 g/mol. The van der Waals surface area contributed by atoms with Gasteiger partial charge in [0, 0.05) is 6.42 Å². The van der Waals surface area contributed by atoms with Gasteiger partial charge in [0.15, 0.2) is 0 Å². The van der Waals surface area contributed by atoms with Crippen LogP contribution in [0.1, 0.15) is 39.1 Å². The summed E-state index contributed by atoms with van der Waals surface area (Å²) in [4.78, 5) is 49.6.